The van der Waals surface area contributed by atoms with E-state index in [-0.39, 0.29) is 5.56 Å². The topological polar surface area (TPSA) is 63.3 Å². The summed E-state index contributed by atoms with van der Waals surface area (Å²) in [5.74, 6) is -5.95. The van der Waals surface area contributed by atoms with Gasteiger partial charge < -0.3 is 10.8 Å². The van der Waals surface area contributed by atoms with Crippen molar-refractivity contribution in [2.75, 3.05) is 0 Å². The molecule has 2 aromatic carbocycles. The van der Waals surface area contributed by atoms with Gasteiger partial charge in [0.25, 0.3) is 5.91 Å². The minimum absolute atomic E-state index is 0.0258. The van der Waals surface area contributed by atoms with E-state index in [1.807, 2.05) is 0 Å². The summed E-state index contributed by atoms with van der Waals surface area (Å²) in [6.45, 7) is 0. The summed E-state index contributed by atoms with van der Waals surface area (Å²) in [6.07, 6.45) is 0. The molecule has 20 heavy (non-hydrogen) atoms. The molecule has 0 saturated heterocycles. The molecule has 1 unspecified atom stereocenters. The molecular weight excluding hydrogens is 271 g/mol. The van der Waals surface area contributed by atoms with Crippen LogP contribution in [0.4, 0.5) is 13.2 Å². The van der Waals surface area contributed by atoms with E-state index < -0.39 is 34.5 Å². The van der Waals surface area contributed by atoms with E-state index in [9.17, 15) is 23.1 Å². The van der Waals surface area contributed by atoms with Crippen molar-refractivity contribution in [3.8, 4) is 0 Å². The SMILES string of the molecule is NC(=O)C(O)(c1ccccc1)c1cc(F)c(F)c(F)c1. The number of benzene rings is 2. The molecule has 1 amide bonds. The van der Waals surface area contributed by atoms with Crippen molar-refractivity contribution in [1.82, 2.24) is 0 Å². The molecule has 0 spiro atoms. The zero-order valence-electron chi connectivity index (χ0n) is 10.1. The Labute approximate surface area is 112 Å². The Morgan fingerprint density at radius 2 is 1.50 bits per heavy atom. The van der Waals surface area contributed by atoms with Crippen LogP contribution in [0.5, 0.6) is 0 Å². The molecule has 0 aliphatic carbocycles. The highest BCUT2D eigenvalue weighted by molar-refractivity contribution is 5.88. The second kappa shape index (κ2) is 4.97. The lowest BCUT2D eigenvalue weighted by molar-refractivity contribution is -0.133. The smallest absolute Gasteiger partial charge is 0.258 e. The van der Waals surface area contributed by atoms with Crippen LogP contribution in [-0.4, -0.2) is 11.0 Å². The average molecular weight is 281 g/mol. The van der Waals surface area contributed by atoms with E-state index in [2.05, 4.69) is 0 Å². The summed E-state index contributed by atoms with van der Waals surface area (Å²) in [5, 5.41) is 10.4. The molecule has 6 heteroatoms. The molecule has 0 fully saturated rings. The fourth-order valence-electron chi connectivity index (χ4n) is 1.89. The van der Waals surface area contributed by atoms with Gasteiger partial charge in [-0.2, -0.15) is 0 Å². The molecule has 0 radical (unpaired) electrons. The standard InChI is InChI=1S/C14H10F3NO2/c15-10-6-9(7-11(16)12(10)17)14(20,13(18)19)8-4-2-1-3-5-8/h1-7,20H,(H2,18,19). The Balaban J connectivity index is 2.69. The van der Waals surface area contributed by atoms with Gasteiger partial charge in [-0.3, -0.25) is 4.79 Å². The Bertz CT molecular complexity index is 638. The molecule has 0 aromatic heterocycles. The van der Waals surface area contributed by atoms with E-state index in [0.29, 0.717) is 12.1 Å². The molecular formula is C14H10F3NO2. The lowest BCUT2D eigenvalue weighted by Crippen LogP contribution is -2.42. The summed E-state index contributed by atoms with van der Waals surface area (Å²) in [5.41, 5.74) is 2.24. The summed E-state index contributed by atoms with van der Waals surface area (Å²) in [6, 6.07) is 8.45. The number of hydrogen-bond acceptors (Lipinski definition) is 2. The van der Waals surface area contributed by atoms with Crippen molar-refractivity contribution >= 4 is 5.91 Å². The predicted octanol–water partition coefficient (Wildman–Crippen LogP) is 1.83. The Kier molecular flexibility index (Phi) is 3.50. The Hall–Kier alpha value is -2.34. The highest BCUT2D eigenvalue weighted by atomic mass is 19.2. The van der Waals surface area contributed by atoms with E-state index in [0.717, 1.165) is 0 Å². The Morgan fingerprint density at radius 1 is 1.00 bits per heavy atom. The van der Waals surface area contributed by atoms with Crippen molar-refractivity contribution in [2.24, 2.45) is 5.73 Å². The molecule has 3 nitrogen and oxygen atoms in total. The monoisotopic (exact) mass is 281 g/mol. The molecule has 0 aliphatic heterocycles. The number of halogens is 3. The molecule has 0 heterocycles. The van der Waals surface area contributed by atoms with Crippen molar-refractivity contribution in [3.63, 3.8) is 0 Å². The Morgan fingerprint density at radius 3 is 1.95 bits per heavy atom. The molecule has 2 aromatic rings. The van der Waals surface area contributed by atoms with Gasteiger partial charge in [-0.15, -0.1) is 0 Å². The molecule has 1 atom stereocenters. The summed E-state index contributed by atoms with van der Waals surface area (Å²) in [7, 11) is 0. The third-order valence-corrected chi connectivity index (χ3v) is 2.95. The zero-order valence-corrected chi connectivity index (χ0v) is 10.1. The number of aliphatic hydroxyl groups is 1. The van der Waals surface area contributed by atoms with Gasteiger partial charge in [0.2, 0.25) is 0 Å². The van der Waals surface area contributed by atoms with Gasteiger partial charge in [-0.25, -0.2) is 13.2 Å². The molecule has 3 N–H and O–H groups in total. The van der Waals surface area contributed by atoms with Crippen molar-refractivity contribution in [1.29, 1.82) is 0 Å². The summed E-state index contributed by atoms with van der Waals surface area (Å²) >= 11 is 0. The van der Waals surface area contributed by atoms with Gasteiger partial charge in [-0.05, 0) is 17.7 Å². The third-order valence-electron chi connectivity index (χ3n) is 2.95. The maximum absolute atomic E-state index is 13.3. The van der Waals surface area contributed by atoms with Gasteiger partial charge in [0, 0.05) is 5.56 Å². The second-order valence-corrected chi connectivity index (χ2v) is 4.19. The zero-order chi connectivity index (χ0) is 14.9. The van der Waals surface area contributed by atoms with Crippen LogP contribution >= 0.6 is 0 Å². The number of amides is 1. The molecule has 104 valence electrons. The molecule has 2 rings (SSSR count). The maximum atomic E-state index is 13.3. The first-order valence-corrected chi connectivity index (χ1v) is 5.60. The van der Waals surface area contributed by atoms with Crippen LogP contribution in [0.1, 0.15) is 11.1 Å². The van der Waals surface area contributed by atoms with E-state index in [1.54, 1.807) is 6.07 Å². The minimum Gasteiger partial charge on any atom is -0.372 e. The highest BCUT2D eigenvalue weighted by Crippen LogP contribution is 2.31. The third kappa shape index (κ3) is 2.14. The largest absolute Gasteiger partial charge is 0.372 e. The number of hydrogen-bond donors (Lipinski definition) is 2. The van der Waals surface area contributed by atoms with Crippen LogP contribution in [0.15, 0.2) is 42.5 Å². The van der Waals surface area contributed by atoms with Gasteiger partial charge in [0.05, 0.1) is 0 Å². The van der Waals surface area contributed by atoms with E-state index in [1.165, 1.54) is 24.3 Å². The van der Waals surface area contributed by atoms with E-state index >= 15 is 0 Å². The van der Waals surface area contributed by atoms with Crippen LogP contribution in [-0.2, 0) is 10.4 Å². The quantitative estimate of drug-likeness (QED) is 0.843. The fourth-order valence-corrected chi connectivity index (χ4v) is 1.89. The maximum Gasteiger partial charge on any atom is 0.258 e. The van der Waals surface area contributed by atoms with Crippen molar-refractivity contribution in [2.45, 2.75) is 5.60 Å². The van der Waals surface area contributed by atoms with Crippen LogP contribution in [0.2, 0.25) is 0 Å². The minimum atomic E-state index is -2.45. The summed E-state index contributed by atoms with van der Waals surface area (Å²) in [4.78, 5) is 11.6. The first-order chi connectivity index (χ1) is 9.37. The van der Waals surface area contributed by atoms with Crippen LogP contribution in [0, 0.1) is 17.5 Å². The lowest BCUT2D eigenvalue weighted by atomic mass is 9.85. The molecule has 0 bridgehead atoms. The van der Waals surface area contributed by atoms with Crippen molar-refractivity contribution < 1.29 is 23.1 Å². The van der Waals surface area contributed by atoms with Gasteiger partial charge in [-0.1, -0.05) is 30.3 Å². The van der Waals surface area contributed by atoms with Crippen molar-refractivity contribution in [3.05, 3.63) is 71.0 Å². The van der Waals surface area contributed by atoms with E-state index in [4.69, 9.17) is 5.73 Å². The first kappa shape index (κ1) is 14.1. The molecule has 0 aliphatic rings. The number of carbonyl (C=O) groups excluding carboxylic acids is 1. The van der Waals surface area contributed by atoms with Gasteiger partial charge in [0.1, 0.15) is 0 Å². The highest BCUT2D eigenvalue weighted by Gasteiger charge is 2.39. The predicted molar refractivity (Wildman–Crippen MR) is 65.0 cm³/mol. The van der Waals surface area contributed by atoms with Crippen LogP contribution in [0.3, 0.4) is 0 Å². The second-order valence-electron chi connectivity index (χ2n) is 4.19. The van der Waals surface area contributed by atoms with Gasteiger partial charge >= 0.3 is 0 Å². The molecule has 0 saturated carbocycles. The average Bonchev–Trinajstić information content (AvgIpc) is 2.44. The number of rotatable bonds is 3. The van der Waals surface area contributed by atoms with Gasteiger partial charge in [0.15, 0.2) is 23.1 Å². The normalized spacial score (nSPS) is 13.8. The van der Waals surface area contributed by atoms with Crippen LogP contribution in [0.25, 0.3) is 0 Å². The first-order valence-electron chi connectivity index (χ1n) is 5.60. The van der Waals surface area contributed by atoms with Crippen LogP contribution < -0.4 is 5.73 Å². The number of nitrogens with two attached hydrogens (primary N) is 1. The summed E-state index contributed by atoms with van der Waals surface area (Å²) < 4.78 is 39.5. The number of primary amides is 1. The number of carbonyl (C=O) groups is 1. The fraction of sp³-hybridized carbons (Fsp3) is 0.0714. The lowest BCUT2D eigenvalue weighted by Gasteiger charge is -2.25.